The smallest absolute Gasteiger partial charge is 0.271 e. The molecule has 0 radical (unpaired) electrons. The molecule has 4 aromatic rings. The van der Waals surface area contributed by atoms with Crippen molar-refractivity contribution in [3.63, 3.8) is 0 Å². The maximum Gasteiger partial charge on any atom is 0.271 e. The van der Waals surface area contributed by atoms with Crippen LogP contribution in [0.2, 0.25) is 0 Å². The molecule has 33 heavy (non-hydrogen) atoms. The number of halogens is 1. The molecule has 0 aromatic heterocycles. The van der Waals surface area contributed by atoms with Crippen LogP contribution < -0.4 is 14.9 Å². The lowest BCUT2D eigenvalue weighted by atomic mass is 10.0. The molecule has 6 heteroatoms. The third-order valence-corrected chi connectivity index (χ3v) is 5.74. The van der Waals surface area contributed by atoms with Gasteiger partial charge in [0.05, 0.1) is 12.8 Å². The zero-order valence-electron chi connectivity index (χ0n) is 18.1. The molecule has 0 atom stereocenters. The van der Waals surface area contributed by atoms with Crippen molar-refractivity contribution >= 4 is 45.5 Å². The molecule has 0 heterocycles. The summed E-state index contributed by atoms with van der Waals surface area (Å²) in [6.45, 7) is 2.94. The highest BCUT2D eigenvalue weighted by Crippen LogP contribution is 2.27. The van der Waals surface area contributed by atoms with Gasteiger partial charge in [-0.15, -0.1) is 0 Å². The van der Waals surface area contributed by atoms with E-state index in [2.05, 4.69) is 45.3 Å². The lowest BCUT2D eigenvalue weighted by Gasteiger charge is -2.12. The van der Waals surface area contributed by atoms with Gasteiger partial charge in [0.1, 0.15) is 18.1 Å². The Balaban J connectivity index is 1.53. The first kappa shape index (κ1) is 22.8. The average molecular weight is 550 g/mol. The predicted molar refractivity (Wildman–Crippen MR) is 140 cm³/mol. The van der Waals surface area contributed by atoms with Crippen LogP contribution in [0.1, 0.15) is 28.4 Å². The summed E-state index contributed by atoms with van der Waals surface area (Å²) in [5.74, 6) is 1.13. The fraction of sp³-hybridized carbons (Fsp3) is 0.111. The number of hydrogen-bond acceptors (Lipinski definition) is 4. The summed E-state index contributed by atoms with van der Waals surface area (Å²) < 4.78 is 12.7. The van der Waals surface area contributed by atoms with Gasteiger partial charge < -0.3 is 9.47 Å². The van der Waals surface area contributed by atoms with Crippen molar-refractivity contribution in [3.8, 4) is 11.5 Å². The van der Waals surface area contributed by atoms with Crippen molar-refractivity contribution in [2.45, 2.75) is 13.5 Å². The van der Waals surface area contributed by atoms with E-state index in [4.69, 9.17) is 9.47 Å². The first-order valence-corrected chi connectivity index (χ1v) is 11.7. The molecule has 0 spiro atoms. The Kier molecular flexibility index (Phi) is 7.57. The zero-order valence-corrected chi connectivity index (χ0v) is 20.3. The van der Waals surface area contributed by atoms with Crippen molar-refractivity contribution < 1.29 is 14.3 Å². The van der Waals surface area contributed by atoms with Crippen molar-refractivity contribution in [1.82, 2.24) is 5.43 Å². The number of hydrazone groups is 1. The minimum absolute atomic E-state index is 0.295. The Morgan fingerprint density at radius 2 is 1.70 bits per heavy atom. The van der Waals surface area contributed by atoms with E-state index >= 15 is 0 Å². The molecule has 4 aromatic carbocycles. The minimum Gasteiger partial charge on any atom is -0.494 e. The molecule has 0 bridgehead atoms. The lowest BCUT2D eigenvalue weighted by Crippen LogP contribution is -2.17. The molecule has 1 N–H and O–H groups in total. The van der Waals surface area contributed by atoms with Gasteiger partial charge in [-0.3, -0.25) is 4.79 Å². The molecular weight excluding hydrogens is 527 g/mol. The molecule has 0 aliphatic rings. The molecule has 0 aliphatic carbocycles. The number of amides is 1. The summed E-state index contributed by atoms with van der Waals surface area (Å²) in [6.07, 6.45) is 1.64. The molecular formula is C27H23IN2O3. The van der Waals surface area contributed by atoms with E-state index in [1.807, 2.05) is 55.5 Å². The monoisotopic (exact) mass is 550 g/mol. The minimum atomic E-state index is -0.295. The quantitative estimate of drug-likeness (QED) is 0.162. The Morgan fingerprint density at radius 1 is 0.939 bits per heavy atom. The van der Waals surface area contributed by atoms with Gasteiger partial charge in [-0.2, -0.15) is 5.10 Å². The second-order valence-corrected chi connectivity index (χ2v) is 8.52. The van der Waals surface area contributed by atoms with Crippen molar-refractivity contribution in [2.75, 3.05) is 6.61 Å². The highest BCUT2D eigenvalue weighted by atomic mass is 127. The van der Waals surface area contributed by atoms with Crippen LogP contribution in [0.5, 0.6) is 11.5 Å². The molecule has 166 valence electrons. The predicted octanol–water partition coefficient (Wildman–Crippen LogP) is 6.19. The van der Waals surface area contributed by atoms with Gasteiger partial charge in [0, 0.05) is 14.7 Å². The Labute approximate surface area is 206 Å². The van der Waals surface area contributed by atoms with Gasteiger partial charge in [0.15, 0.2) is 0 Å². The van der Waals surface area contributed by atoms with E-state index in [0.717, 1.165) is 27.6 Å². The number of rotatable bonds is 8. The van der Waals surface area contributed by atoms with E-state index in [1.165, 1.54) is 3.57 Å². The van der Waals surface area contributed by atoms with Gasteiger partial charge in [0.2, 0.25) is 0 Å². The standard InChI is InChI=1S/C27H23IN2O3/c1-2-32-23-14-9-21(10-15-23)27(31)30-29-17-25-24-6-4-3-5-20(24)11-16-26(25)33-18-19-7-12-22(28)13-8-19/h3-17H,2,18H2,1H3,(H,30,31)/b29-17-. The second kappa shape index (κ2) is 11.0. The Hall–Kier alpha value is -3.39. The van der Waals surface area contributed by atoms with Gasteiger partial charge in [-0.25, -0.2) is 5.43 Å². The molecule has 0 aliphatic heterocycles. The lowest BCUT2D eigenvalue weighted by molar-refractivity contribution is 0.0955. The Morgan fingerprint density at radius 3 is 2.45 bits per heavy atom. The molecule has 5 nitrogen and oxygen atoms in total. The van der Waals surface area contributed by atoms with E-state index in [1.54, 1.807) is 30.5 Å². The van der Waals surface area contributed by atoms with Crippen LogP contribution in [0.4, 0.5) is 0 Å². The molecule has 0 unspecified atom stereocenters. The van der Waals surface area contributed by atoms with Crippen LogP contribution in [0.3, 0.4) is 0 Å². The largest absolute Gasteiger partial charge is 0.494 e. The number of fused-ring (bicyclic) bond motifs is 1. The third kappa shape index (κ3) is 5.90. The van der Waals surface area contributed by atoms with Crippen molar-refractivity contribution in [1.29, 1.82) is 0 Å². The van der Waals surface area contributed by atoms with Crippen molar-refractivity contribution in [2.24, 2.45) is 5.10 Å². The number of benzene rings is 4. The summed E-state index contributed by atoms with van der Waals surface area (Å²) in [5, 5.41) is 6.28. The summed E-state index contributed by atoms with van der Waals surface area (Å²) in [6, 6.07) is 27.1. The summed E-state index contributed by atoms with van der Waals surface area (Å²) in [4.78, 5) is 12.5. The van der Waals surface area contributed by atoms with Crippen LogP contribution in [-0.2, 0) is 6.61 Å². The van der Waals surface area contributed by atoms with E-state index in [9.17, 15) is 4.79 Å². The van der Waals surface area contributed by atoms with Crippen LogP contribution in [0.15, 0.2) is 90.0 Å². The average Bonchev–Trinajstić information content (AvgIpc) is 2.85. The van der Waals surface area contributed by atoms with E-state index in [0.29, 0.717) is 24.5 Å². The maximum absolute atomic E-state index is 12.5. The maximum atomic E-state index is 12.5. The summed E-state index contributed by atoms with van der Waals surface area (Å²) >= 11 is 2.28. The van der Waals surface area contributed by atoms with Gasteiger partial charge in [0.25, 0.3) is 5.91 Å². The van der Waals surface area contributed by atoms with Crippen LogP contribution in [0.25, 0.3) is 10.8 Å². The Bertz CT molecular complexity index is 1270. The van der Waals surface area contributed by atoms with Gasteiger partial charge in [-0.1, -0.05) is 42.5 Å². The summed E-state index contributed by atoms with van der Waals surface area (Å²) in [5.41, 5.74) is 5.00. The number of carbonyl (C=O) groups excluding carboxylic acids is 1. The zero-order chi connectivity index (χ0) is 23.0. The molecule has 0 fully saturated rings. The fourth-order valence-electron chi connectivity index (χ4n) is 3.37. The molecule has 0 saturated carbocycles. The number of ether oxygens (including phenoxy) is 2. The van der Waals surface area contributed by atoms with Gasteiger partial charge in [-0.05, 0) is 88.3 Å². The molecule has 4 rings (SSSR count). The first-order valence-electron chi connectivity index (χ1n) is 10.6. The summed E-state index contributed by atoms with van der Waals surface area (Å²) in [7, 11) is 0. The van der Waals surface area contributed by atoms with Crippen LogP contribution >= 0.6 is 22.6 Å². The third-order valence-electron chi connectivity index (χ3n) is 5.03. The van der Waals surface area contributed by atoms with Crippen LogP contribution in [-0.4, -0.2) is 18.7 Å². The highest BCUT2D eigenvalue weighted by molar-refractivity contribution is 14.1. The SMILES string of the molecule is CCOc1ccc(C(=O)N/N=C\c2c(OCc3ccc(I)cc3)ccc3ccccc23)cc1. The highest BCUT2D eigenvalue weighted by Gasteiger charge is 2.09. The number of nitrogens with one attached hydrogen (secondary N) is 1. The topological polar surface area (TPSA) is 59.9 Å². The second-order valence-electron chi connectivity index (χ2n) is 7.27. The number of carbonyl (C=O) groups is 1. The van der Waals surface area contributed by atoms with Crippen molar-refractivity contribution in [3.05, 3.63) is 105 Å². The fourth-order valence-corrected chi connectivity index (χ4v) is 3.73. The normalized spacial score (nSPS) is 11.0. The van der Waals surface area contributed by atoms with Gasteiger partial charge >= 0.3 is 0 Å². The number of nitrogens with zero attached hydrogens (tertiary/aromatic N) is 1. The molecule has 0 saturated heterocycles. The van der Waals surface area contributed by atoms with Crippen LogP contribution in [0, 0.1) is 3.57 Å². The van der Waals surface area contributed by atoms with E-state index in [-0.39, 0.29) is 5.91 Å². The van der Waals surface area contributed by atoms with E-state index < -0.39 is 0 Å². The number of hydrogen-bond donors (Lipinski definition) is 1. The first-order chi connectivity index (χ1) is 16.1. The molecule has 1 amide bonds.